The Balaban J connectivity index is 2.01. The highest BCUT2D eigenvalue weighted by Gasteiger charge is 2.09. The van der Waals surface area contributed by atoms with Crippen molar-refractivity contribution in [2.24, 2.45) is 4.36 Å². The topological polar surface area (TPSA) is 63.8 Å². The van der Waals surface area contributed by atoms with Crippen LogP contribution in [0.5, 0.6) is 0 Å². The summed E-state index contributed by atoms with van der Waals surface area (Å²) in [7, 11) is -2.68. The van der Waals surface area contributed by atoms with Gasteiger partial charge in [0, 0.05) is 36.0 Å². The molecule has 3 aromatic rings. The highest BCUT2D eigenvalue weighted by atomic mass is 32.2. The Morgan fingerprint density at radius 2 is 1.91 bits per heavy atom. The van der Waals surface area contributed by atoms with E-state index in [1.165, 1.54) is 13.2 Å². The first-order valence-corrected chi connectivity index (χ1v) is 8.65. The van der Waals surface area contributed by atoms with Crippen molar-refractivity contribution in [2.45, 2.75) is 11.8 Å². The zero-order chi connectivity index (χ0) is 15.7. The summed E-state index contributed by atoms with van der Waals surface area (Å²) in [5, 5.41) is 0. The molecule has 0 fully saturated rings. The second-order valence-electron chi connectivity index (χ2n) is 5.03. The predicted molar refractivity (Wildman–Crippen MR) is 86.1 cm³/mol. The lowest BCUT2D eigenvalue weighted by atomic mass is 10.2. The maximum atomic E-state index is 12.4. The third kappa shape index (κ3) is 2.78. The second-order valence-corrected chi connectivity index (χ2v) is 7.29. The summed E-state index contributed by atoms with van der Waals surface area (Å²) in [6, 6.07) is 13.0. The Labute approximate surface area is 128 Å². The number of hydrogen-bond acceptors (Lipinski definition) is 3. The number of pyridine rings is 1. The van der Waals surface area contributed by atoms with Crippen molar-refractivity contribution in [1.82, 2.24) is 9.38 Å². The molecule has 2 aromatic heterocycles. The van der Waals surface area contributed by atoms with Gasteiger partial charge in [-0.1, -0.05) is 18.2 Å². The standard InChI is InChI=1S/C16H15N3O2S/c1-12(20)18-22(2,21)14-8-6-13(7-9-14)15-11-19-10-4-3-5-16(19)17-15/h3-11H,1-2H3. The fourth-order valence-corrected chi connectivity index (χ4v) is 3.49. The number of carbonyl (C=O) groups is 1. The van der Waals surface area contributed by atoms with Crippen LogP contribution in [0.4, 0.5) is 0 Å². The highest BCUT2D eigenvalue weighted by Crippen LogP contribution is 2.21. The van der Waals surface area contributed by atoms with Gasteiger partial charge >= 0.3 is 0 Å². The van der Waals surface area contributed by atoms with Gasteiger partial charge in [-0.15, -0.1) is 0 Å². The largest absolute Gasteiger partial charge is 0.306 e. The van der Waals surface area contributed by atoms with Crippen LogP contribution in [0, 0.1) is 0 Å². The molecule has 1 aromatic carbocycles. The maximum Gasteiger partial charge on any atom is 0.250 e. The third-order valence-electron chi connectivity index (χ3n) is 3.25. The van der Waals surface area contributed by atoms with E-state index < -0.39 is 15.6 Å². The van der Waals surface area contributed by atoms with E-state index in [0.717, 1.165) is 16.9 Å². The van der Waals surface area contributed by atoms with Crippen LogP contribution in [0.2, 0.25) is 0 Å². The lowest BCUT2D eigenvalue weighted by Gasteiger charge is -2.04. The minimum Gasteiger partial charge on any atom is -0.306 e. The highest BCUT2D eigenvalue weighted by molar-refractivity contribution is 7.93. The smallest absolute Gasteiger partial charge is 0.250 e. The molecular formula is C16H15N3O2S. The summed E-state index contributed by atoms with van der Waals surface area (Å²) in [6.07, 6.45) is 5.34. The quantitative estimate of drug-likeness (QED) is 0.730. The molecule has 0 aliphatic heterocycles. The Hall–Kier alpha value is -2.47. The van der Waals surface area contributed by atoms with Crippen molar-refractivity contribution in [2.75, 3.05) is 6.26 Å². The third-order valence-corrected chi connectivity index (χ3v) is 5.01. The minimum atomic E-state index is -2.68. The van der Waals surface area contributed by atoms with Crippen LogP contribution in [0.1, 0.15) is 6.92 Å². The van der Waals surface area contributed by atoms with Gasteiger partial charge < -0.3 is 4.40 Å². The monoisotopic (exact) mass is 313 g/mol. The predicted octanol–water partition coefficient (Wildman–Crippen LogP) is 3.00. The summed E-state index contributed by atoms with van der Waals surface area (Å²) in [5.74, 6) is -0.433. The normalized spacial score (nSPS) is 13.7. The first kappa shape index (κ1) is 14.5. The van der Waals surface area contributed by atoms with Crippen molar-refractivity contribution < 1.29 is 9.00 Å². The number of carbonyl (C=O) groups excluding carboxylic acids is 1. The van der Waals surface area contributed by atoms with Gasteiger partial charge in [0.25, 0.3) is 5.91 Å². The molecule has 1 atom stereocenters. The first-order valence-electron chi connectivity index (χ1n) is 6.73. The molecule has 112 valence electrons. The molecule has 3 rings (SSSR count). The fourth-order valence-electron chi connectivity index (χ4n) is 2.25. The van der Waals surface area contributed by atoms with E-state index in [9.17, 15) is 9.00 Å². The van der Waals surface area contributed by atoms with Crippen molar-refractivity contribution in [3.8, 4) is 11.3 Å². The number of fused-ring (bicyclic) bond motifs is 1. The van der Waals surface area contributed by atoms with Crippen molar-refractivity contribution in [3.63, 3.8) is 0 Å². The summed E-state index contributed by atoms with van der Waals surface area (Å²) >= 11 is 0. The Morgan fingerprint density at radius 3 is 2.55 bits per heavy atom. The summed E-state index contributed by atoms with van der Waals surface area (Å²) in [5.41, 5.74) is 2.63. The average molecular weight is 313 g/mol. The van der Waals surface area contributed by atoms with Gasteiger partial charge in [0.05, 0.1) is 15.4 Å². The van der Waals surface area contributed by atoms with Crippen LogP contribution < -0.4 is 0 Å². The zero-order valence-electron chi connectivity index (χ0n) is 12.3. The molecule has 0 saturated carbocycles. The lowest BCUT2D eigenvalue weighted by molar-refractivity contribution is -0.115. The SMILES string of the molecule is CC(=O)N=S(C)(=O)c1ccc(-c2cn3ccccc3n2)cc1. The lowest BCUT2D eigenvalue weighted by Crippen LogP contribution is -2.00. The molecule has 0 aliphatic rings. The maximum absolute atomic E-state index is 12.4. The van der Waals surface area contributed by atoms with Gasteiger partial charge in [-0.2, -0.15) is 4.36 Å². The van der Waals surface area contributed by atoms with Crippen molar-refractivity contribution >= 4 is 21.3 Å². The molecule has 0 N–H and O–H groups in total. The number of rotatable bonds is 2. The first-order chi connectivity index (χ1) is 10.5. The van der Waals surface area contributed by atoms with E-state index >= 15 is 0 Å². The molecule has 6 heteroatoms. The van der Waals surface area contributed by atoms with Gasteiger partial charge in [0.2, 0.25) is 0 Å². The average Bonchev–Trinajstić information content (AvgIpc) is 2.90. The fraction of sp³-hybridized carbons (Fsp3) is 0.125. The summed E-state index contributed by atoms with van der Waals surface area (Å²) < 4.78 is 18.0. The van der Waals surface area contributed by atoms with E-state index in [0.29, 0.717) is 4.90 Å². The number of hydrogen-bond donors (Lipinski definition) is 0. The van der Waals surface area contributed by atoms with Gasteiger partial charge in [-0.05, 0) is 24.3 Å². The van der Waals surface area contributed by atoms with E-state index in [4.69, 9.17) is 0 Å². The van der Waals surface area contributed by atoms with Crippen molar-refractivity contribution in [3.05, 3.63) is 54.9 Å². The van der Waals surface area contributed by atoms with Gasteiger partial charge in [0.1, 0.15) is 5.65 Å². The second kappa shape index (κ2) is 5.38. The number of aromatic nitrogens is 2. The van der Waals surface area contributed by atoms with Crippen LogP contribution in [0.25, 0.3) is 16.9 Å². The van der Waals surface area contributed by atoms with Crippen LogP contribution in [0.15, 0.2) is 64.1 Å². The molecule has 0 radical (unpaired) electrons. The van der Waals surface area contributed by atoms with E-state index in [-0.39, 0.29) is 0 Å². The van der Waals surface area contributed by atoms with E-state index in [2.05, 4.69) is 9.35 Å². The molecule has 0 bridgehead atoms. The summed E-state index contributed by atoms with van der Waals surface area (Å²) in [6.45, 7) is 1.30. The van der Waals surface area contributed by atoms with Gasteiger partial charge in [-0.3, -0.25) is 4.79 Å². The van der Waals surface area contributed by atoms with Crippen LogP contribution >= 0.6 is 0 Å². The molecule has 0 saturated heterocycles. The molecule has 2 heterocycles. The Morgan fingerprint density at radius 1 is 1.18 bits per heavy atom. The molecule has 0 aliphatic carbocycles. The molecule has 1 amide bonds. The number of imidazole rings is 1. The van der Waals surface area contributed by atoms with Crippen LogP contribution in [-0.4, -0.2) is 25.8 Å². The molecule has 22 heavy (non-hydrogen) atoms. The van der Waals surface area contributed by atoms with Crippen LogP contribution in [-0.2, 0) is 14.5 Å². The van der Waals surface area contributed by atoms with Crippen molar-refractivity contribution in [1.29, 1.82) is 0 Å². The van der Waals surface area contributed by atoms with Gasteiger partial charge in [0.15, 0.2) is 0 Å². The molecule has 0 spiro atoms. The zero-order valence-corrected chi connectivity index (χ0v) is 13.1. The molecular weight excluding hydrogens is 298 g/mol. The number of nitrogens with zero attached hydrogens (tertiary/aromatic N) is 3. The number of benzene rings is 1. The van der Waals surface area contributed by atoms with Gasteiger partial charge in [-0.25, -0.2) is 9.19 Å². The van der Waals surface area contributed by atoms with E-state index in [1.54, 1.807) is 12.1 Å². The molecule has 1 unspecified atom stereocenters. The Bertz CT molecular complexity index is 931. The van der Waals surface area contributed by atoms with Crippen LogP contribution in [0.3, 0.4) is 0 Å². The minimum absolute atomic E-state index is 0.433. The van der Waals surface area contributed by atoms with E-state index in [1.807, 2.05) is 47.1 Å². The summed E-state index contributed by atoms with van der Waals surface area (Å²) in [4.78, 5) is 16.1. The number of amides is 1. The Kier molecular flexibility index (Phi) is 3.54. The molecule has 5 nitrogen and oxygen atoms in total.